The van der Waals surface area contributed by atoms with Gasteiger partial charge in [-0.25, -0.2) is 18.1 Å². The number of hydrogen-bond acceptors (Lipinski definition) is 4. The molecule has 3 rings (SSSR count). The fraction of sp³-hybridized carbons (Fsp3) is 0.300. The molecule has 1 aromatic heterocycles. The number of aryl methyl sites for hydroxylation is 2. The number of benzene rings is 2. The molecule has 1 atom stereocenters. The molecule has 7 heteroatoms. The van der Waals surface area contributed by atoms with Crippen molar-refractivity contribution in [1.29, 1.82) is 0 Å². The molecule has 0 saturated carbocycles. The van der Waals surface area contributed by atoms with Crippen molar-refractivity contribution in [3.63, 3.8) is 0 Å². The molecule has 0 saturated heterocycles. The lowest BCUT2D eigenvalue weighted by molar-refractivity contribution is 0.556. The maximum atomic E-state index is 13.3. The van der Waals surface area contributed by atoms with E-state index >= 15 is 0 Å². The van der Waals surface area contributed by atoms with Crippen molar-refractivity contribution in [1.82, 2.24) is 14.3 Å². The van der Waals surface area contributed by atoms with Crippen molar-refractivity contribution in [2.75, 3.05) is 5.75 Å². The number of nitrogens with zero attached hydrogens (tertiary/aromatic N) is 2. The van der Waals surface area contributed by atoms with Crippen LogP contribution in [0.2, 0.25) is 0 Å². The van der Waals surface area contributed by atoms with E-state index in [0.717, 1.165) is 11.1 Å². The molecule has 0 amide bonds. The quantitative estimate of drug-likeness (QED) is 0.732. The summed E-state index contributed by atoms with van der Waals surface area (Å²) in [7, 11) is -3.45. The van der Waals surface area contributed by atoms with Crippen LogP contribution < -0.4 is 10.3 Å². The SMILES string of the molecule is CCS(=O)(=O)NC(C)c1nc2ccccc2c(=O)n1-c1ccc(C)cc1C. The summed E-state index contributed by atoms with van der Waals surface area (Å²) in [4.78, 5) is 17.9. The second kappa shape index (κ2) is 7.25. The normalized spacial score (nSPS) is 13.0. The van der Waals surface area contributed by atoms with Crippen LogP contribution in [-0.4, -0.2) is 23.7 Å². The number of aromatic nitrogens is 2. The third-order valence-electron chi connectivity index (χ3n) is 4.52. The van der Waals surface area contributed by atoms with Crippen LogP contribution in [0.3, 0.4) is 0 Å². The zero-order valence-electron chi connectivity index (χ0n) is 15.9. The Morgan fingerprint density at radius 3 is 2.52 bits per heavy atom. The predicted octanol–water partition coefficient (Wildman–Crippen LogP) is 3.00. The number of sulfonamides is 1. The fourth-order valence-electron chi connectivity index (χ4n) is 3.13. The van der Waals surface area contributed by atoms with E-state index in [1.165, 1.54) is 4.57 Å². The molecule has 0 aliphatic carbocycles. The van der Waals surface area contributed by atoms with Crippen molar-refractivity contribution >= 4 is 20.9 Å². The summed E-state index contributed by atoms with van der Waals surface area (Å²) in [6.07, 6.45) is 0. The largest absolute Gasteiger partial charge is 0.268 e. The van der Waals surface area contributed by atoms with Gasteiger partial charge in [-0.05, 0) is 51.5 Å². The Balaban J connectivity index is 2.32. The Kier molecular flexibility index (Phi) is 5.17. The van der Waals surface area contributed by atoms with Crippen LogP contribution in [0.4, 0.5) is 0 Å². The number of rotatable bonds is 5. The highest BCUT2D eigenvalue weighted by Gasteiger charge is 2.22. The summed E-state index contributed by atoms with van der Waals surface area (Å²) in [5, 5.41) is 0.492. The number of nitrogens with one attached hydrogen (secondary N) is 1. The molecule has 1 heterocycles. The average Bonchev–Trinajstić information content (AvgIpc) is 2.62. The van der Waals surface area contributed by atoms with Crippen LogP contribution in [0.25, 0.3) is 16.6 Å². The van der Waals surface area contributed by atoms with E-state index in [1.54, 1.807) is 38.1 Å². The number of para-hydroxylation sites is 1. The first-order chi connectivity index (χ1) is 12.7. The molecule has 0 spiro atoms. The molecule has 0 aliphatic heterocycles. The minimum Gasteiger partial charge on any atom is -0.268 e. The maximum Gasteiger partial charge on any atom is 0.266 e. The fourth-order valence-corrected chi connectivity index (χ4v) is 3.95. The van der Waals surface area contributed by atoms with E-state index < -0.39 is 16.1 Å². The lowest BCUT2D eigenvalue weighted by Gasteiger charge is -2.20. The maximum absolute atomic E-state index is 13.3. The van der Waals surface area contributed by atoms with Gasteiger partial charge in [-0.1, -0.05) is 29.8 Å². The number of fused-ring (bicyclic) bond motifs is 1. The van der Waals surface area contributed by atoms with Crippen LogP contribution in [0.1, 0.15) is 36.8 Å². The van der Waals surface area contributed by atoms with E-state index in [9.17, 15) is 13.2 Å². The lowest BCUT2D eigenvalue weighted by atomic mass is 10.1. The Labute approximate surface area is 158 Å². The van der Waals surface area contributed by atoms with Gasteiger partial charge in [-0.15, -0.1) is 0 Å². The highest BCUT2D eigenvalue weighted by atomic mass is 32.2. The Morgan fingerprint density at radius 1 is 1.15 bits per heavy atom. The van der Waals surface area contributed by atoms with Crippen molar-refractivity contribution in [3.8, 4) is 5.69 Å². The van der Waals surface area contributed by atoms with E-state index in [0.29, 0.717) is 22.4 Å². The van der Waals surface area contributed by atoms with Crippen molar-refractivity contribution < 1.29 is 8.42 Å². The molecule has 142 valence electrons. The van der Waals surface area contributed by atoms with E-state index in [2.05, 4.69) is 9.71 Å². The van der Waals surface area contributed by atoms with Gasteiger partial charge in [0.15, 0.2) is 0 Å². The molecular weight excluding hydrogens is 362 g/mol. The molecule has 3 aromatic rings. The molecule has 2 aromatic carbocycles. The molecule has 0 bridgehead atoms. The van der Waals surface area contributed by atoms with E-state index in [-0.39, 0.29) is 11.3 Å². The van der Waals surface area contributed by atoms with Gasteiger partial charge < -0.3 is 0 Å². The van der Waals surface area contributed by atoms with Gasteiger partial charge in [-0.3, -0.25) is 9.36 Å². The molecule has 6 nitrogen and oxygen atoms in total. The van der Waals surface area contributed by atoms with Crippen molar-refractivity contribution in [2.45, 2.75) is 33.7 Å². The van der Waals surface area contributed by atoms with Gasteiger partial charge >= 0.3 is 0 Å². The van der Waals surface area contributed by atoms with Gasteiger partial charge in [-0.2, -0.15) is 0 Å². The smallest absolute Gasteiger partial charge is 0.266 e. The molecule has 27 heavy (non-hydrogen) atoms. The van der Waals surface area contributed by atoms with E-state index in [4.69, 9.17) is 0 Å². The van der Waals surface area contributed by atoms with Crippen LogP contribution >= 0.6 is 0 Å². The Hall–Kier alpha value is -2.51. The van der Waals surface area contributed by atoms with Crippen LogP contribution in [0.5, 0.6) is 0 Å². The van der Waals surface area contributed by atoms with Crippen molar-refractivity contribution in [2.24, 2.45) is 0 Å². The zero-order valence-corrected chi connectivity index (χ0v) is 16.7. The highest BCUT2D eigenvalue weighted by Crippen LogP contribution is 2.21. The Morgan fingerprint density at radius 2 is 1.85 bits per heavy atom. The monoisotopic (exact) mass is 385 g/mol. The minimum atomic E-state index is -3.45. The van der Waals surface area contributed by atoms with Gasteiger partial charge in [0.25, 0.3) is 5.56 Å². The lowest BCUT2D eigenvalue weighted by Crippen LogP contribution is -2.34. The van der Waals surface area contributed by atoms with Gasteiger partial charge in [0.05, 0.1) is 28.4 Å². The summed E-state index contributed by atoms with van der Waals surface area (Å²) >= 11 is 0. The second-order valence-corrected chi connectivity index (χ2v) is 8.70. The van der Waals surface area contributed by atoms with Crippen LogP contribution in [-0.2, 0) is 10.0 Å². The standard InChI is InChI=1S/C20H23N3O3S/c1-5-27(25,26)22-15(4)19-21-17-9-7-6-8-16(17)20(24)23(19)18-11-10-13(2)12-14(18)3/h6-12,15,22H,5H2,1-4H3. The van der Waals surface area contributed by atoms with Gasteiger partial charge in [0.1, 0.15) is 5.82 Å². The van der Waals surface area contributed by atoms with Crippen LogP contribution in [0, 0.1) is 13.8 Å². The topological polar surface area (TPSA) is 81.1 Å². The Bertz CT molecular complexity index is 1170. The van der Waals surface area contributed by atoms with Gasteiger partial charge in [0, 0.05) is 0 Å². The molecule has 0 fully saturated rings. The molecule has 0 radical (unpaired) electrons. The average molecular weight is 385 g/mol. The second-order valence-electron chi connectivity index (χ2n) is 6.66. The molecule has 1 unspecified atom stereocenters. The summed E-state index contributed by atoms with van der Waals surface area (Å²) in [6, 6.07) is 12.2. The first-order valence-electron chi connectivity index (χ1n) is 8.83. The van der Waals surface area contributed by atoms with Crippen LogP contribution in [0.15, 0.2) is 47.3 Å². The summed E-state index contributed by atoms with van der Waals surface area (Å²) in [6.45, 7) is 7.18. The molecular formula is C20H23N3O3S. The van der Waals surface area contributed by atoms with Gasteiger partial charge in [0.2, 0.25) is 10.0 Å². The molecule has 0 aliphatic rings. The predicted molar refractivity (Wildman–Crippen MR) is 108 cm³/mol. The van der Waals surface area contributed by atoms with E-state index in [1.807, 2.05) is 32.0 Å². The number of hydrogen-bond donors (Lipinski definition) is 1. The first kappa shape index (κ1) is 19.3. The summed E-state index contributed by atoms with van der Waals surface area (Å²) in [5.74, 6) is 0.321. The molecule has 1 N–H and O–H groups in total. The summed E-state index contributed by atoms with van der Waals surface area (Å²) in [5.41, 5.74) is 3.02. The first-order valence-corrected chi connectivity index (χ1v) is 10.5. The third kappa shape index (κ3) is 3.79. The van der Waals surface area contributed by atoms with Crippen molar-refractivity contribution in [3.05, 3.63) is 69.8 Å². The third-order valence-corrected chi connectivity index (χ3v) is 5.99. The highest BCUT2D eigenvalue weighted by molar-refractivity contribution is 7.89. The minimum absolute atomic E-state index is 0.0429. The zero-order chi connectivity index (χ0) is 19.8. The summed E-state index contributed by atoms with van der Waals surface area (Å²) < 4.78 is 28.2.